The Hall–Kier alpha value is -0.380. The number of likely N-dealkylation sites (tertiary alicyclic amines) is 1. The topological polar surface area (TPSA) is 15.3 Å². The summed E-state index contributed by atoms with van der Waals surface area (Å²) in [5.41, 5.74) is 2.89. The SMILES string of the molecule is Cc1cscc1CNCCCN1CCCC1. The molecule has 1 saturated heterocycles. The highest BCUT2D eigenvalue weighted by Gasteiger charge is 2.09. The molecule has 0 aliphatic carbocycles. The van der Waals surface area contributed by atoms with Crippen LogP contribution in [0.15, 0.2) is 10.8 Å². The predicted octanol–water partition coefficient (Wildman–Crippen LogP) is 2.63. The number of rotatable bonds is 6. The normalized spacial score (nSPS) is 17.1. The van der Waals surface area contributed by atoms with Gasteiger partial charge in [0.05, 0.1) is 0 Å². The van der Waals surface area contributed by atoms with Gasteiger partial charge in [-0.25, -0.2) is 0 Å². The maximum absolute atomic E-state index is 3.53. The molecule has 0 saturated carbocycles. The monoisotopic (exact) mass is 238 g/mol. The second kappa shape index (κ2) is 6.38. The highest BCUT2D eigenvalue weighted by atomic mass is 32.1. The summed E-state index contributed by atoms with van der Waals surface area (Å²) in [7, 11) is 0. The number of nitrogens with one attached hydrogen (secondary N) is 1. The van der Waals surface area contributed by atoms with E-state index in [-0.39, 0.29) is 0 Å². The predicted molar refractivity (Wildman–Crippen MR) is 71.1 cm³/mol. The van der Waals surface area contributed by atoms with Crippen LogP contribution in [0.5, 0.6) is 0 Å². The van der Waals surface area contributed by atoms with Crippen LogP contribution in [-0.4, -0.2) is 31.1 Å². The molecular weight excluding hydrogens is 216 g/mol. The summed E-state index contributed by atoms with van der Waals surface area (Å²) < 4.78 is 0. The Balaban J connectivity index is 1.53. The standard InChI is InChI=1S/C13H22N2S/c1-12-10-16-11-13(12)9-14-5-4-8-15-6-2-3-7-15/h10-11,14H,2-9H2,1H3. The molecule has 0 radical (unpaired) electrons. The lowest BCUT2D eigenvalue weighted by atomic mass is 10.2. The molecule has 1 N–H and O–H groups in total. The van der Waals surface area contributed by atoms with Gasteiger partial charge in [0, 0.05) is 6.54 Å². The van der Waals surface area contributed by atoms with Crippen LogP contribution in [0.4, 0.5) is 0 Å². The lowest BCUT2D eigenvalue weighted by Crippen LogP contribution is -2.24. The fourth-order valence-corrected chi connectivity index (χ4v) is 3.08. The summed E-state index contributed by atoms with van der Waals surface area (Å²) in [6.07, 6.45) is 4.09. The Kier molecular flexibility index (Phi) is 4.82. The summed E-state index contributed by atoms with van der Waals surface area (Å²) in [5, 5.41) is 8.01. The van der Waals surface area contributed by atoms with Crippen LogP contribution in [0.3, 0.4) is 0 Å². The third-order valence-electron chi connectivity index (χ3n) is 3.30. The van der Waals surface area contributed by atoms with Gasteiger partial charge in [0.25, 0.3) is 0 Å². The molecule has 0 amide bonds. The van der Waals surface area contributed by atoms with Crippen molar-refractivity contribution in [2.24, 2.45) is 0 Å². The molecule has 1 fully saturated rings. The van der Waals surface area contributed by atoms with Crippen molar-refractivity contribution >= 4 is 11.3 Å². The second-order valence-electron chi connectivity index (χ2n) is 4.66. The van der Waals surface area contributed by atoms with Gasteiger partial charge in [-0.3, -0.25) is 0 Å². The Morgan fingerprint density at radius 2 is 2.12 bits per heavy atom. The Morgan fingerprint density at radius 1 is 1.31 bits per heavy atom. The first-order chi connectivity index (χ1) is 7.86. The van der Waals surface area contributed by atoms with E-state index in [2.05, 4.69) is 27.9 Å². The quantitative estimate of drug-likeness (QED) is 0.767. The van der Waals surface area contributed by atoms with E-state index in [0.29, 0.717) is 0 Å². The minimum atomic E-state index is 1.04. The van der Waals surface area contributed by atoms with Crippen molar-refractivity contribution in [3.05, 3.63) is 21.9 Å². The van der Waals surface area contributed by atoms with Gasteiger partial charge < -0.3 is 10.2 Å². The van der Waals surface area contributed by atoms with E-state index >= 15 is 0 Å². The van der Waals surface area contributed by atoms with Crippen LogP contribution < -0.4 is 5.32 Å². The zero-order valence-electron chi connectivity index (χ0n) is 10.2. The van der Waals surface area contributed by atoms with Crippen molar-refractivity contribution in [2.45, 2.75) is 32.7 Å². The highest BCUT2D eigenvalue weighted by Crippen LogP contribution is 2.13. The Labute approximate surface area is 103 Å². The summed E-state index contributed by atoms with van der Waals surface area (Å²) >= 11 is 1.80. The molecule has 2 nitrogen and oxygen atoms in total. The number of hydrogen-bond donors (Lipinski definition) is 1. The molecule has 1 aliphatic rings. The smallest absolute Gasteiger partial charge is 0.0216 e. The molecule has 0 unspecified atom stereocenters. The third-order valence-corrected chi connectivity index (χ3v) is 4.21. The summed E-state index contributed by atoms with van der Waals surface area (Å²) in [6, 6.07) is 0. The molecule has 0 atom stereocenters. The number of nitrogens with zero attached hydrogens (tertiary/aromatic N) is 1. The first-order valence-corrected chi connectivity index (χ1v) is 7.25. The van der Waals surface area contributed by atoms with Gasteiger partial charge in [0.1, 0.15) is 0 Å². The molecule has 0 spiro atoms. The molecule has 0 aromatic carbocycles. The Bertz CT molecular complexity index is 303. The zero-order valence-corrected chi connectivity index (χ0v) is 11.0. The first-order valence-electron chi connectivity index (χ1n) is 6.31. The summed E-state index contributed by atoms with van der Waals surface area (Å²) in [6.45, 7) is 8.29. The van der Waals surface area contributed by atoms with E-state index in [4.69, 9.17) is 0 Å². The van der Waals surface area contributed by atoms with E-state index < -0.39 is 0 Å². The van der Waals surface area contributed by atoms with Gasteiger partial charge in [-0.1, -0.05) is 0 Å². The van der Waals surface area contributed by atoms with Gasteiger partial charge in [-0.2, -0.15) is 11.3 Å². The number of thiophene rings is 1. The fraction of sp³-hybridized carbons (Fsp3) is 0.692. The molecule has 1 aromatic heterocycles. The van der Waals surface area contributed by atoms with Crippen LogP contribution in [0.25, 0.3) is 0 Å². The number of aryl methyl sites for hydroxylation is 1. The van der Waals surface area contributed by atoms with Gasteiger partial charge in [0.15, 0.2) is 0 Å². The van der Waals surface area contributed by atoms with Crippen LogP contribution in [0, 0.1) is 6.92 Å². The van der Waals surface area contributed by atoms with Gasteiger partial charge in [-0.05, 0) is 74.3 Å². The average molecular weight is 238 g/mol. The van der Waals surface area contributed by atoms with Gasteiger partial charge >= 0.3 is 0 Å². The van der Waals surface area contributed by atoms with E-state index in [9.17, 15) is 0 Å². The molecule has 0 bridgehead atoms. The highest BCUT2D eigenvalue weighted by molar-refractivity contribution is 7.08. The van der Waals surface area contributed by atoms with Gasteiger partial charge in [-0.15, -0.1) is 0 Å². The zero-order chi connectivity index (χ0) is 11.2. The molecule has 2 rings (SSSR count). The minimum Gasteiger partial charge on any atom is -0.313 e. The first kappa shape index (κ1) is 12.1. The summed E-state index contributed by atoms with van der Waals surface area (Å²) in [4.78, 5) is 2.58. The van der Waals surface area contributed by atoms with Crippen molar-refractivity contribution in [3.63, 3.8) is 0 Å². The molecule has 90 valence electrons. The third kappa shape index (κ3) is 3.58. The van der Waals surface area contributed by atoms with Crippen molar-refractivity contribution < 1.29 is 0 Å². The maximum Gasteiger partial charge on any atom is 0.0216 e. The molecule has 1 aromatic rings. The number of hydrogen-bond acceptors (Lipinski definition) is 3. The van der Waals surface area contributed by atoms with E-state index in [1.807, 2.05) is 0 Å². The minimum absolute atomic E-state index is 1.04. The largest absolute Gasteiger partial charge is 0.313 e. The van der Waals surface area contributed by atoms with Crippen LogP contribution in [-0.2, 0) is 6.54 Å². The molecule has 3 heteroatoms. The van der Waals surface area contributed by atoms with E-state index in [1.54, 1.807) is 11.3 Å². The van der Waals surface area contributed by atoms with E-state index in [1.165, 1.54) is 50.0 Å². The van der Waals surface area contributed by atoms with Crippen molar-refractivity contribution in [1.29, 1.82) is 0 Å². The van der Waals surface area contributed by atoms with Crippen LogP contribution in [0.2, 0.25) is 0 Å². The summed E-state index contributed by atoms with van der Waals surface area (Å²) in [5.74, 6) is 0. The van der Waals surface area contributed by atoms with E-state index in [0.717, 1.165) is 13.1 Å². The average Bonchev–Trinajstić information content (AvgIpc) is 2.90. The molecule has 1 aliphatic heterocycles. The molecule has 2 heterocycles. The lowest BCUT2D eigenvalue weighted by Gasteiger charge is -2.14. The van der Waals surface area contributed by atoms with Crippen LogP contribution in [0.1, 0.15) is 30.4 Å². The lowest BCUT2D eigenvalue weighted by molar-refractivity contribution is 0.331. The van der Waals surface area contributed by atoms with Gasteiger partial charge in [0.2, 0.25) is 0 Å². The van der Waals surface area contributed by atoms with Crippen molar-refractivity contribution in [2.75, 3.05) is 26.2 Å². The van der Waals surface area contributed by atoms with Crippen LogP contribution >= 0.6 is 11.3 Å². The molecular formula is C13H22N2S. The van der Waals surface area contributed by atoms with Crippen molar-refractivity contribution in [1.82, 2.24) is 10.2 Å². The molecule has 16 heavy (non-hydrogen) atoms. The second-order valence-corrected chi connectivity index (χ2v) is 5.40. The van der Waals surface area contributed by atoms with Crippen molar-refractivity contribution in [3.8, 4) is 0 Å². The fourth-order valence-electron chi connectivity index (χ4n) is 2.22. The maximum atomic E-state index is 3.53. The Morgan fingerprint density at radius 3 is 2.81 bits per heavy atom.